The van der Waals surface area contributed by atoms with E-state index in [1.807, 2.05) is 43.3 Å². The van der Waals surface area contributed by atoms with Crippen molar-refractivity contribution in [2.24, 2.45) is 5.92 Å². The van der Waals surface area contributed by atoms with Crippen molar-refractivity contribution in [3.63, 3.8) is 0 Å². The number of hydrogen-bond acceptors (Lipinski definition) is 2. The van der Waals surface area contributed by atoms with E-state index in [1.54, 1.807) is 0 Å². The smallest absolute Gasteiger partial charge is 0.310 e. The number of hydrogen-bond donors (Lipinski definition) is 0. The molecule has 0 amide bonds. The van der Waals surface area contributed by atoms with E-state index in [1.165, 1.54) is 11.1 Å². The molecule has 0 aliphatic heterocycles. The number of rotatable bonds is 4. The van der Waals surface area contributed by atoms with Crippen molar-refractivity contribution in [1.29, 1.82) is 0 Å². The van der Waals surface area contributed by atoms with Gasteiger partial charge in [0, 0.05) is 5.41 Å². The number of benzene rings is 2. The molecule has 2 heteroatoms. The second-order valence-electron chi connectivity index (χ2n) is 5.21. The Bertz CT molecular complexity index is 550. The van der Waals surface area contributed by atoms with Crippen molar-refractivity contribution in [3.05, 3.63) is 71.8 Å². The molecule has 0 spiro atoms. The van der Waals surface area contributed by atoms with Gasteiger partial charge in [-0.2, -0.15) is 0 Å². The first-order valence-electron chi connectivity index (χ1n) is 7.06. The summed E-state index contributed by atoms with van der Waals surface area (Å²) in [4.78, 5) is 12.1. The monoisotopic (exact) mass is 266 g/mol. The van der Waals surface area contributed by atoms with Gasteiger partial charge >= 0.3 is 5.97 Å². The van der Waals surface area contributed by atoms with Crippen LogP contribution in [0.15, 0.2) is 60.7 Å². The first kappa shape index (κ1) is 12.9. The molecule has 0 unspecified atom stereocenters. The zero-order valence-electron chi connectivity index (χ0n) is 11.6. The van der Waals surface area contributed by atoms with Gasteiger partial charge in [-0.05, 0) is 24.5 Å². The maximum Gasteiger partial charge on any atom is 0.310 e. The largest absolute Gasteiger partial charge is 0.466 e. The molecule has 0 heterocycles. The Labute approximate surface area is 119 Å². The average Bonchev–Trinajstić information content (AvgIpc) is 3.26. The molecule has 1 aliphatic rings. The number of carbonyl (C=O) groups is 1. The molecule has 1 atom stereocenters. The lowest BCUT2D eigenvalue weighted by Crippen LogP contribution is -2.18. The van der Waals surface area contributed by atoms with E-state index in [-0.39, 0.29) is 17.3 Å². The lowest BCUT2D eigenvalue weighted by atomic mass is 9.86. The van der Waals surface area contributed by atoms with Crippen molar-refractivity contribution >= 4 is 5.97 Å². The molecule has 0 radical (unpaired) electrons. The van der Waals surface area contributed by atoms with Crippen LogP contribution in [0.4, 0.5) is 0 Å². The summed E-state index contributed by atoms with van der Waals surface area (Å²) >= 11 is 0. The molecule has 1 aliphatic carbocycles. The van der Waals surface area contributed by atoms with Crippen molar-refractivity contribution in [2.75, 3.05) is 6.61 Å². The van der Waals surface area contributed by atoms with Crippen LogP contribution in [0.25, 0.3) is 0 Å². The van der Waals surface area contributed by atoms with Gasteiger partial charge in [0.25, 0.3) is 0 Å². The fraction of sp³-hybridized carbons (Fsp3) is 0.278. The predicted octanol–water partition coefficient (Wildman–Crippen LogP) is 3.56. The van der Waals surface area contributed by atoms with Crippen molar-refractivity contribution in [3.8, 4) is 0 Å². The van der Waals surface area contributed by atoms with Crippen LogP contribution in [0.1, 0.15) is 24.5 Å². The van der Waals surface area contributed by atoms with Crippen molar-refractivity contribution in [2.45, 2.75) is 18.8 Å². The van der Waals surface area contributed by atoms with Crippen LogP contribution in [-0.4, -0.2) is 12.6 Å². The summed E-state index contributed by atoms with van der Waals surface area (Å²) in [6.45, 7) is 2.29. The Morgan fingerprint density at radius 2 is 1.55 bits per heavy atom. The molecule has 2 aromatic rings. The Hall–Kier alpha value is -2.09. The number of esters is 1. The van der Waals surface area contributed by atoms with Gasteiger partial charge in [-0.15, -0.1) is 0 Å². The Morgan fingerprint density at radius 1 is 1.05 bits per heavy atom. The van der Waals surface area contributed by atoms with Gasteiger partial charge in [0.1, 0.15) is 0 Å². The van der Waals surface area contributed by atoms with Gasteiger partial charge in [-0.1, -0.05) is 60.7 Å². The molecule has 2 aromatic carbocycles. The Morgan fingerprint density at radius 3 is 2.00 bits per heavy atom. The fourth-order valence-electron chi connectivity index (χ4n) is 3.07. The van der Waals surface area contributed by atoms with E-state index < -0.39 is 0 Å². The van der Waals surface area contributed by atoms with Gasteiger partial charge in [-0.25, -0.2) is 0 Å². The topological polar surface area (TPSA) is 26.3 Å². The summed E-state index contributed by atoms with van der Waals surface area (Å²) in [7, 11) is 0. The SMILES string of the molecule is CCOC(=O)[C@H]1CC1(c1ccccc1)c1ccccc1. The molecule has 3 rings (SSSR count). The predicted molar refractivity (Wildman–Crippen MR) is 78.4 cm³/mol. The molecule has 0 saturated heterocycles. The third-order valence-corrected chi connectivity index (χ3v) is 4.11. The zero-order valence-corrected chi connectivity index (χ0v) is 11.6. The van der Waals surface area contributed by atoms with Crippen LogP contribution in [0.5, 0.6) is 0 Å². The van der Waals surface area contributed by atoms with E-state index in [4.69, 9.17) is 4.74 Å². The van der Waals surface area contributed by atoms with Crippen LogP contribution in [0, 0.1) is 5.92 Å². The van der Waals surface area contributed by atoms with E-state index >= 15 is 0 Å². The molecule has 0 N–H and O–H groups in total. The van der Waals surface area contributed by atoms with Gasteiger partial charge in [0.05, 0.1) is 12.5 Å². The minimum atomic E-state index is -0.200. The molecule has 1 saturated carbocycles. The van der Waals surface area contributed by atoms with Crippen molar-refractivity contribution < 1.29 is 9.53 Å². The molecule has 1 fully saturated rings. The summed E-state index contributed by atoms with van der Waals surface area (Å²) in [6.07, 6.45) is 0.833. The van der Waals surface area contributed by atoms with E-state index in [9.17, 15) is 4.79 Å². The molecule has 0 aromatic heterocycles. The lowest BCUT2D eigenvalue weighted by molar-refractivity contribution is -0.145. The van der Waals surface area contributed by atoms with Crippen LogP contribution in [0.3, 0.4) is 0 Å². The maximum atomic E-state index is 12.1. The third kappa shape index (κ3) is 2.01. The van der Waals surface area contributed by atoms with Gasteiger partial charge in [0.15, 0.2) is 0 Å². The average molecular weight is 266 g/mol. The van der Waals surface area contributed by atoms with E-state index in [0.717, 1.165) is 6.42 Å². The standard InChI is InChI=1S/C18H18O2/c1-2-20-17(19)16-13-18(16,14-9-5-3-6-10-14)15-11-7-4-8-12-15/h3-12,16H,2,13H2,1H3/t16-/m1/s1. The second-order valence-corrected chi connectivity index (χ2v) is 5.21. The van der Waals surface area contributed by atoms with Crippen LogP contribution < -0.4 is 0 Å². The first-order chi connectivity index (χ1) is 9.79. The van der Waals surface area contributed by atoms with E-state index in [0.29, 0.717) is 6.61 Å². The highest BCUT2D eigenvalue weighted by atomic mass is 16.5. The molecule has 102 valence electrons. The first-order valence-corrected chi connectivity index (χ1v) is 7.06. The summed E-state index contributed by atoms with van der Waals surface area (Å²) < 4.78 is 5.23. The summed E-state index contributed by atoms with van der Waals surface area (Å²) in [6, 6.07) is 20.5. The highest BCUT2D eigenvalue weighted by molar-refractivity contribution is 5.81. The molecule has 0 bridgehead atoms. The van der Waals surface area contributed by atoms with Crippen LogP contribution >= 0.6 is 0 Å². The fourth-order valence-corrected chi connectivity index (χ4v) is 3.07. The Balaban J connectivity index is 2.01. The van der Waals surface area contributed by atoms with Gasteiger partial charge in [0.2, 0.25) is 0 Å². The number of ether oxygens (including phenoxy) is 1. The van der Waals surface area contributed by atoms with Gasteiger partial charge in [-0.3, -0.25) is 4.79 Å². The van der Waals surface area contributed by atoms with Gasteiger partial charge < -0.3 is 4.74 Å². The number of carbonyl (C=O) groups excluding carboxylic acids is 1. The maximum absolute atomic E-state index is 12.1. The molecular formula is C18H18O2. The second kappa shape index (κ2) is 5.12. The molecule has 2 nitrogen and oxygen atoms in total. The Kier molecular flexibility index (Phi) is 3.31. The highest BCUT2D eigenvalue weighted by Gasteiger charge is 2.61. The summed E-state index contributed by atoms with van der Waals surface area (Å²) in [5.74, 6) is -0.146. The minimum absolute atomic E-state index is 0.0627. The van der Waals surface area contributed by atoms with E-state index in [2.05, 4.69) is 24.3 Å². The third-order valence-electron chi connectivity index (χ3n) is 4.11. The molecular weight excluding hydrogens is 248 g/mol. The van der Waals surface area contributed by atoms with Crippen LogP contribution in [-0.2, 0) is 14.9 Å². The summed E-state index contributed by atoms with van der Waals surface area (Å²) in [5.41, 5.74) is 2.20. The van der Waals surface area contributed by atoms with Crippen LogP contribution in [0.2, 0.25) is 0 Å². The highest BCUT2D eigenvalue weighted by Crippen LogP contribution is 2.59. The van der Waals surface area contributed by atoms with Crippen molar-refractivity contribution in [1.82, 2.24) is 0 Å². The normalized spacial score (nSPS) is 19.4. The molecule has 20 heavy (non-hydrogen) atoms. The summed E-state index contributed by atoms with van der Waals surface area (Å²) in [5, 5.41) is 0. The quantitative estimate of drug-likeness (QED) is 0.791. The lowest BCUT2D eigenvalue weighted by Gasteiger charge is -2.18. The zero-order chi connectivity index (χ0) is 14.0. The minimum Gasteiger partial charge on any atom is -0.466 e.